The van der Waals surface area contributed by atoms with E-state index in [0.29, 0.717) is 56.5 Å². The Hall–Kier alpha value is -8.26. The molecule has 3 heterocycles. The minimum atomic E-state index is -1.78. The Balaban J connectivity index is 1.63. The van der Waals surface area contributed by atoms with Crippen molar-refractivity contribution < 1.29 is 71.1 Å². The van der Waals surface area contributed by atoms with Crippen LogP contribution in [-0.4, -0.2) is 246 Å². The van der Waals surface area contributed by atoms with Gasteiger partial charge >= 0.3 is 0 Å². The molecule has 10 atom stereocenters. The second-order valence-corrected chi connectivity index (χ2v) is 26.9. The van der Waals surface area contributed by atoms with Gasteiger partial charge in [-0.2, -0.15) is 0 Å². The van der Waals surface area contributed by atoms with Crippen molar-refractivity contribution in [1.82, 2.24) is 60.5 Å². The number of rotatable bonds is 14. The number of fused-ring (bicyclic) bond motifs is 1. The van der Waals surface area contributed by atoms with E-state index < -0.39 is 168 Å². The maximum absolute atomic E-state index is 15.5. The molecule has 3 aliphatic rings. The van der Waals surface area contributed by atoms with E-state index in [2.05, 4.69) is 21.3 Å². The van der Waals surface area contributed by atoms with Gasteiger partial charge in [-0.15, -0.1) is 0 Å². The lowest BCUT2D eigenvalue weighted by atomic mass is 9.95. The molecule has 532 valence electrons. The first-order valence-electron chi connectivity index (χ1n) is 33.6. The first kappa shape index (κ1) is 78.4. The van der Waals surface area contributed by atoms with Crippen LogP contribution >= 0.6 is 0 Å². The zero-order valence-corrected chi connectivity index (χ0v) is 59.1. The highest BCUT2D eigenvalue weighted by Crippen LogP contribution is 2.27. The lowest BCUT2D eigenvalue weighted by molar-refractivity contribution is -0.160. The Morgan fingerprint density at radius 2 is 1.31 bits per heavy atom. The molecular formula is C69H104F2N12O13. The molecule has 0 unspecified atom stereocenters. The monoisotopic (exact) mass is 1350 g/mol. The van der Waals surface area contributed by atoms with Crippen LogP contribution in [0.25, 0.3) is 0 Å². The largest absolute Gasteiger partial charge is 0.497 e. The van der Waals surface area contributed by atoms with Gasteiger partial charge in [0.25, 0.3) is 0 Å². The fourth-order valence-electron chi connectivity index (χ4n) is 12.2. The van der Waals surface area contributed by atoms with Gasteiger partial charge < -0.3 is 65.2 Å². The number of hydrogen-bond donors (Lipinski definition) is 4. The number of nitrogens with one attached hydrogen (secondary N) is 4. The quantitative estimate of drug-likeness (QED) is 0.211. The molecule has 0 bridgehead atoms. The van der Waals surface area contributed by atoms with Gasteiger partial charge in [-0.1, -0.05) is 72.9 Å². The number of methoxy groups -OCH3 is 1. The SMILES string of the molecule is CCCC[C@@H]1NC(=O)[C@H](Cc2cc(F)ccc2F)NC(=O)CN(C)C(=O)[C@H](Cc2ccc(OC)cc2)N(C)C(=O)[C@@H]2CCN2C(=O)[C@H](C)N(C)C(=O)[C@H]([C@@H](C)CC)NC(=O)[C@H](CC)N(C)C(=O)C[C@@H](C(=O)N2CCCCC2)N(C)C(=O)[C@H](CC(C)C)NC(=O)C(C)(C)N(C)C1=O. The summed E-state index contributed by atoms with van der Waals surface area (Å²) >= 11 is 0. The van der Waals surface area contributed by atoms with Crippen molar-refractivity contribution in [1.29, 1.82) is 0 Å². The standard InChI is InChI=1S/C69H104F2N12O13/c1-17-20-24-49-63(90)81(15)69(8,9)68(95)74-51(35-41(4)5)62(89)79(13)55(66(93)82-32-22-21-23-33-82)39-57(85)78(12)52(19-3)60(87)75-58(42(6)18-2)67(94)77(11)43(7)61(88)83-34-31-53(83)65(92)80(14)54(36-44-25-28-47(96-16)29-26-44)64(91)76(10)40-56(84)72-50(59(86)73-49)38-45-37-46(70)27-30-48(45)71/h25-30,37,41-43,49-55,58H,17-24,31-36,38-40H2,1-16H3,(H,72,84)(H,73,86)(H,74,95)(H,75,87)/t42-,43-,49-,50-,51-,52-,53-,54-,55-,58-/m0/s1. The lowest BCUT2D eigenvalue weighted by Gasteiger charge is -2.45. The molecule has 0 aliphatic carbocycles. The molecule has 3 saturated heterocycles. The van der Waals surface area contributed by atoms with E-state index in [1.54, 1.807) is 43.0 Å². The minimum absolute atomic E-state index is 0.00154. The van der Waals surface area contributed by atoms with Gasteiger partial charge in [0.15, 0.2) is 0 Å². The predicted molar refractivity (Wildman–Crippen MR) is 355 cm³/mol. The molecular weight excluding hydrogens is 1240 g/mol. The molecule has 5 rings (SSSR count). The Kier molecular flexibility index (Phi) is 28.7. The smallest absolute Gasteiger partial charge is 0.246 e. The molecule has 2 aromatic rings. The zero-order valence-electron chi connectivity index (χ0n) is 59.1. The number of ether oxygens (including phenoxy) is 1. The van der Waals surface area contributed by atoms with Crippen LogP contribution < -0.4 is 26.0 Å². The van der Waals surface area contributed by atoms with Crippen molar-refractivity contribution in [2.45, 2.75) is 206 Å². The Bertz CT molecular complexity index is 3130. The summed E-state index contributed by atoms with van der Waals surface area (Å²) in [6.45, 7) is 15.1. The second-order valence-electron chi connectivity index (χ2n) is 26.9. The number of piperidine rings is 1. The molecule has 25 nitrogen and oxygen atoms in total. The summed E-state index contributed by atoms with van der Waals surface area (Å²) in [5.41, 5.74) is -1.53. The maximum Gasteiger partial charge on any atom is 0.246 e. The Labute approximate surface area is 564 Å². The number of nitrogens with zero attached hydrogens (tertiary/aromatic N) is 8. The van der Waals surface area contributed by atoms with Gasteiger partial charge in [0, 0.05) is 74.8 Å². The van der Waals surface area contributed by atoms with E-state index in [0.717, 1.165) is 39.3 Å². The molecule has 3 aliphatic heterocycles. The van der Waals surface area contributed by atoms with Crippen LogP contribution in [0.5, 0.6) is 5.75 Å². The topological polar surface area (TPSA) is 288 Å². The van der Waals surface area contributed by atoms with Crippen molar-refractivity contribution in [3.05, 3.63) is 65.2 Å². The summed E-state index contributed by atoms with van der Waals surface area (Å²) in [7, 11) is 9.65. The van der Waals surface area contributed by atoms with Gasteiger partial charge in [0.05, 0.1) is 20.1 Å². The van der Waals surface area contributed by atoms with Gasteiger partial charge in [0.2, 0.25) is 70.9 Å². The fourth-order valence-corrected chi connectivity index (χ4v) is 12.2. The molecule has 0 radical (unpaired) electrons. The van der Waals surface area contributed by atoms with Crippen LogP contribution in [0.3, 0.4) is 0 Å². The summed E-state index contributed by atoms with van der Waals surface area (Å²) in [5.74, 6) is -10.9. The fraction of sp³-hybridized carbons (Fsp3) is 0.652. The first-order valence-corrected chi connectivity index (χ1v) is 33.6. The van der Waals surface area contributed by atoms with E-state index in [1.807, 2.05) is 27.7 Å². The second kappa shape index (κ2) is 35.1. The van der Waals surface area contributed by atoms with Crippen molar-refractivity contribution in [2.24, 2.45) is 11.8 Å². The molecule has 0 spiro atoms. The van der Waals surface area contributed by atoms with E-state index >= 15 is 9.18 Å². The lowest BCUT2D eigenvalue weighted by Crippen LogP contribution is -2.65. The van der Waals surface area contributed by atoms with Gasteiger partial charge in [0.1, 0.15) is 77.3 Å². The van der Waals surface area contributed by atoms with Crippen LogP contribution in [-0.2, 0) is 70.4 Å². The number of hydrogen-bond acceptors (Lipinski definition) is 13. The third kappa shape index (κ3) is 19.5. The average Bonchev–Trinajstić information content (AvgIpc) is 0.837. The first-order chi connectivity index (χ1) is 45.1. The van der Waals surface area contributed by atoms with Crippen LogP contribution in [0.4, 0.5) is 8.78 Å². The van der Waals surface area contributed by atoms with Crippen molar-refractivity contribution in [2.75, 3.05) is 75.6 Å². The predicted octanol–water partition coefficient (Wildman–Crippen LogP) is 3.43. The third-order valence-electron chi connectivity index (χ3n) is 19.4. The van der Waals surface area contributed by atoms with E-state index in [-0.39, 0.29) is 50.1 Å². The summed E-state index contributed by atoms with van der Waals surface area (Å²) in [5, 5.41) is 10.9. The average molecular weight is 1350 g/mol. The number of likely N-dealkylation sites (tertiary alicyclic amines) is 1. The molecule has 27 heteroatoms. The number of carbonyl (C=O) groups is 12. The number of unbranched alkanes of at least 4 members (excludes halogenated alkanes) is 1. The van der Waals surface area contributed by atoms with E-state index in [9.17, 15) is 57.1 Å². The Morgan fingerprint density at radius 1 is 0.667 bits per heavy atom. The van der Waals surface area contributed by atoms with Crippen LogP contribution in [0, 0.1) is 23.5 Å². The highest BCUT2D eigenvalue weighted by molar-refractivity contribution is 6.01. The maximum atomic E-state index is 15.5. The summed E-state index contributed by atoms with van der Waals surface area (Å²) in [6.07, 6.45) is 2.42. The Morgan fingerprint density at radius 3 is 1.89 bits per heavy atom. The molecule has 96 heavy (non-hydrogen) atoms. The summed E-state index contributed by atoms with van der Waals surface area (Å²) < 4.78 is 35.7. The van der Waals surface area contributed by atoms with E-state index in [4.69, 9.17) is 4.74 Å². The number of benzene rings is 2. The highest BCUT2D eigenvalue weighted by atomic mass is 19.1. The molecule has 0 saturated carbocycles. The normalized spacial score (nSPS) is 25.6. The minimum Gasteiger partial charge on any atom is -0.497 e. The number of amides is 12. The number of carbonyl (C=O) groups excluding carboxylic acids is 12. The molecule has 2 aromatic carbocycles. The van der Waals surface area contributed by atoms with Crippen molar-refractivity contribution in [3.8, 4) is 5.75 Å². The third-order valence-corrected chi connectivity index (χ3v) is 19.4. The van der Waals surface area contributed by atoms with Gasteiger partial charge in [-0.3, -0.25) is 57.5 Å². The van der Waals surface area contributed by atoms with Crippen LogP contribution in [0.1, 0.15) is 144 Å². The number of halogens is 2. The van der Waals surface area contributed by atoms with Crippen LogP contribution in [0.15, 0.2) is 42.5 Å². The summed E-state index contributed by atoms with van der Waals surface area (Å²) in [6, 6.07) is -2.65. The van der Waals surface area contributed by atoms with Crippen LogP contribution in [0.2, 0.25) is 0 Å². The zero-order chi connectivity index (χ0) is 71.8. The van der Waals surface area contributed by atoms with Gasteiger partial charge in [-0.25, -0.2) is 8.78 Å². The summed E-state index contributed by atoms with van der Waals surface area (Å²) in [4.78, 5) is 186. The van der Waals surface area contributed by atoms with Crippen molar-refractivity contribution >= 4 is 70.9 Å². The molecule has 4 N–H and O–H groups in total. The molecule has 3 fully saturated rings. The van der Waals surface area contributed by atoms with E-state index in [1.165, 1.54) is 89.8 Å². The number of likely N-dealkylation sites (N-methyl/N-ethyl adjacent to an activating group) is 6. The highest BCUT2D eigenvalue weighted by Gasteiger charge is 2.47. The molecule has 0 aromatic heterocycles. The van der Waals surface area contributed by atoms with Gasteiger partial charge in [-0.05, 0) is 119 Å². The molecule has 12 amide bonds. The van der Waals surface area contributed by atoms with Crippen molar-refractivity contribution in [3.63, 3.8) is 0 Å².